The number of carbonyl (C=O) groups excluding carboxylic acids is 2. The maximum atomic E-state index is 12.4. The molecule has 1 aromatic rings. The molecule has 0 spiro atoms. The van der Waals surface area contributed by atoms with E-state index in [2.05, 4.69) is 0 Å². The quantitative estimate of drug-likeness (QED) is 0.850. The molecule has 0 aromatic heterocycles. The third kappa shape index (κ3) is 3.66. The Morgan fingerprint density at radius 1 is 1.04 bits per heavy atom. The number of nitrogens with zero attached hydrogens (tertiary/aromatic N) is 2. The summed E-state index contributed by atoms with van der Waals surface area (Å²) in [6.07, 6.45) is 3.65. The van der Waals surface area contributed by atoms with Crippen LogP contribution in [0.15, 0.2) is 24.3 Å². The van der Waals surface area contributed by atoms with Gasteiger partial charge in [-0.2, -0.15) is 0 Å². The zero-order valence-corrected chi connectivity index (χ0v) is 13.7. The summed E-state index contributed by atoms with van der Waals surface area (Å²) in [6, 6.07) is 7.59. The standard InChI is InChI=1S/C18H24N2O3/c1-23-16-7-5-14(6-8-16)13-17(21)19-9-11-20(12-10-19)18(22)15-3-2-4-15/h5-8,15H,2-4,9-13H2,1H3. The normalized spacial score (nSPS) is 18.5. The molecule has 0 unspecified atom stereocenters. The molecule has 5 nitrogen and oxygen atoms in total. The van der Waals surface area contributed by atoms with E-state index in [9.17, 15) is 9.59 Å². The minimum absolute atomic E-state index is 0.130. The molecule has 2 amide bonds. The Morgan fingerprint density at radius 2 is 1.65 bits per heavy atom. The fourth-order valence-corrected chi connectivity index (χ4v) is 3.12. The molecule has 1 heterocycles. The zero-order valence-electron chi connectivity index (χ0n) is 13.7. The Morgan fingerprint density at radius 3 is 2.17 bits per heavy atom. The summed E-state index contributed by atoms with van der Waals surface area (Å²) in [5.74, 6) is 1.46. The summed E-state index contributed by atoms with van der Waals surface area (Å²) < 4.78 is 5.13. The topological polar surface area (TPSA) is 49.9 Å². The van der Waals surface area contributed by atoms with Gasteiger partial charge >= 0.3 is 0 Å². The number of piperazine rings is 1. The van der Waals surface area contributed by atoms with Crippen LogP contribution in [-0.2, 0) is 16.0 Å². The van der Waals surface area contributed by atoms with Gasteiger partial charge in [0.15, 0.2) is 0 Å². The van der Waals surface area contributed by atoms with Gasteiger partial charge in [-0.3, -0.25) is 9.59 Å². The van der Waals surface area contributed by atoms with E-state index in [0.29, 0.717) is 38.5 Å². The highest BCUT2D eigenvalue weighted by molar-refractivity contribution is 5.81. The van der Waals surface area contributed by atoms with Crippen LogP contribution in [0.4, 0.5) is 0 Å². The van der Waals surface area contributed by atoms with Crippen LogP contribution in [0.1, 0.15) is 24.8 Å². The van der Waals surface area contributed by atoms with Crippen molar-refractivity contribution in [3.05, 3.63) is 29.8 Å². The smallest absolute Gasteiger partial charge is 0.227 e. The molecule has 0 bridgehead atoms. The summed E-state index contributed by atoms with van der Waals surface area (Å²) in [4.78, 5) is 28.4. The first-order valence-electron chi connectivity index (χ1n) is 8.37. The van der Waals surface area contributed by atoms with Crippen molar-refractivity contribution in [2.45, 2.75) is 25.7 Å². The van der Waals surface area contributed by atoms with Crippen LogP contribution >= 0.6 is 0 Å². The lowest BCUT2D eigenvalue weighted by Crippen LogP contribution is -2.52. The van der Waals surface area contributed by atoms with Gasteiger partial charge in [-0.25, -0.2) is 0 Å². The van der Waals surface area contributed by atoms with E-state index in [4.69, 9.17) is 4.74 Å². The lowest BCUT2D eigenvalue weighted by Gasteiger charge is -2.38. The molecule has 1 aliphatic heterocycles. The average Bonchev–Trinajstić information content (AvgIpc) is 2.54. The van der Waals surface area contributed by atoms with Crippen LogP contribution in [0.5, 0.6) is 5.75 Å². The van der Waals surface area contributed by atoms with Crippen LogP contribution in [0.3, 0.4) is 0 Å². The van der Waals surface area contributed by atoms with Gasteiger partial charge in [0.05, 0.1) is 13.5 Å². The lowest BCUT2D eigenvalue weighted by molar-refractivity contribution is -0.143. The third-order valence-corrected chi connectivity index (χ3v) is 4.91. The summed E-state index contributed by atoms with van der Waals surface area (Å²) in [7, 11) is 1.63. The first-order valence-corrected chi connectivity index (χ1v) is 8.37. The molecule has 23 heavy (non-hydrogen) atoms. The maximum Gasteiger partial charge on any atom is 0.227 e. The van der Waals surface area contributed by atoms with Gasteiger partial charge in [-0.1, -0.05) is 18.6 Å². The second-order valence-electron chi connectivity index (χ2n) is 6.36. The molecule has 2 fully saturated rings. The van der Waals surface area contributed by atoms with Crippen molar-refractivity contribution in [3.63, 3.8) is 0 Å². The average molecular weight is 316 g/mol. The van der Waals surface area contributed by atoms with Crippen molar-refractivity contribution < 1.29 is 14.3 Å². The minimum atomic E-state index is 0.130. The van der Waals surface area contributed by atoms with E-state index in [-0.39, 0.29) is 11.8 Å². The van der Waals surface area contributed by atoms with Crippen LogP contribution in [0.2, 0.25) is 0 Å². The predicted octanol–water partition coefficient (Wildman–Crippen LogP) is 1.71. The number of hydrogen-bond acceptors (Lipinski definition) is 3. The Kier molecular flexibility index (Phi) is 4.84. The van der Waals surface area contributed by atoms with Gasteiger partial charge < -0.3 is 14.5 Å². The molecule has 124 valence electrons. The van der Waals surface area contributed by atoms with E-state index in [0.717, 1.165) is 24.2 Å². The molecule has 1 saturated heterocycles. The van der Waals surface area contributed by atoms with E-state index in [1.54, 1.807) is 7.11 Å². The molecule has 2 aliphatic rings. The Labute approximate surface area is 137 Å². The first-order chi connectivity index (χ1) is 11.2. The fraction of sp³-hybridized carbons (Fsp3) is 0.556. The summed E-state index contributed by atoms with van der Waals surface area (Å²) in [5.41, 5.74) is 0.990. The molecule has 5 heteroatoms. The minimum Gasteiger partial charge on any atom is -0.497 e. The number of carbonyl (C=O) groups is 2. The SMILES string of the molecule is COc1ccc(CC(=O)N2CCN(C(=O)C3CCC3)CC2)cc1. The molecule has 1 saturated carbocycles. The molecule has 3 rings (SSSR count). The number of benzene rings is 1. The summed E-state index contributed by atoms with van der Waals surface area (Å²) in [6.45, 7) is 2.63. The highest BCUT2D eigenvalue weighted by Gasteiger charge is 2.31. The molecule has 0 atom stereocenters. The van der Waals surface area contributed by atoms with Crippen molar-refractivity contribution in [3.8, 4) is 5.75 Å². The van der Waals surface area contributed by atoms with Crippen molar-refractivity contribution >= 4 is 11.8 Å². The first kappa shape index (κ1) is 15.8. The van der Waals surface area contributed by atoms with Gasteiger partial charge in [0.25, 0.3) is 0 Å². The Hall–Kier alpha value is -2.04. The highest BCUT2D eigenvalue weighted by Crippen LogP contribution is 2.28. The van der Waals surface area contributed by atoms with Gasteiger partial charge in [0, 0.05) is 32.1 Å². The van der Waals surface area contributed by atoms with E-state index in [1.165, 1.54) is 6.42 Å². The van der Waals surface area contributed by atoms with Crippen molar-refractivity contribution in [1.29, 1.82) is 0 Å². The Bertz CT molecular complexity index is 558. The molecule has 0 N–H and O–H groups in total. The fourth-order valence-electron chi connectivity index (χ4n) is 3.12. The van der Waals surface area contributed by atoms with Crippen molar-refractivity contribution in [1.82, 2.24) is 9.80 Å². The molecule has 0 radical (unpaired) electrons. The van der Waals surface area contributed by atoms with Gasteiger partial charge in [-0.15, -0.1) is 0 Å². The van der Waals surface area contributed by atoms with Crippen LogP contribution < -0.4 is 4.74 Å². The number of rotatable bonds is 4. The van der Waals surface area contributed by atoms with E-state index < -0.39 is 0 Å². The van der Waals surface area contributed by atoms with Crippen molar-refractivity contribution in [2.24, 2.45) is 5.92 Å². The summed E-state index contributed by atoms with van der Waals surface area (Å²) >= 11 is 0. The predicted molar refractivity (Wildman–Crippen MR) is 87.2 cm³/mol. The van der Waals surface area contributed by atoms with Gasteiger partial charge in [-0.05, 0) is 30.5 Å². The largest absolute Gasteiger partial charge is 0.497 e. The number of amides is 2. The van der Waals surface area contributed by atoms with E-state index >= 15 is 0 Å². The van der Waals surface area contributed by atoms with Crippen molar-refractivity contribution in [2.75, 3.05) is 33.3 Å². The zero-order chi connectivity index (χ0) is 16.2. The van der Waals surface area contributed by atoms with E-state index in [1.807, 2.05) is 34.1 Å². The van der Waals surface area contributed by atoms with Crippen LogP contribution in [0.25, 0.3) is 0 Å². The second-order valence-corrected chi connectivity index (χ2v) is 6.36. The van der Waals surface area contributed by atoms with Gasteiger partial charge in [0.1, 0.15) is 5.75 Å². The van der Waals surface area contributed by atoms with Crippen LogP contribution in [0, 0.1) is 5.92 Å². The number of ether oxygens (including phenoxy) is 1. The number of hydrogen-bond donors (Lipinski definition) is 0. The molecule has 1 aromatic carbocycles. The number of methoxy groups -OCH3 is 1. The van der Waals surface area contributed by atoms with Gasteiger partial charge in [0.2, 0.25) is 11.8 Å². The third-order valence-electron chi connectivity index (χ3n) is 4.91. The van der Waals surface area contributed by atoms with Crippen LogP contribution in [-0.4, -0.2) is 54.9 Å². The molecular formula is C18H24N2O3. The highest BCUT2D eigenvalue weighted by atomic mass is 16.5. The lowest BCUT2D eigenvalue weighted by atomic mass is 9.84. The maximum absolute atomic E-state index is 12.4. The monoisotopic (exact) mass is 316 g/mol. The summed E-state index contributed by atoms with van der Waals surface area (Å²) in [5, 5.41) is 0. The molecule has 1 aliphatic carbocycles. The molecular weight excluding hydrogens is 292 g/mol. The Balaban J connectivity index is 1.48. The second kappa shape index (κ2) is 7.02.